The Labute approximate surface area is 84.5 Å². The van der Waals surface area contributed by atoms with Crippen molar-refractivity contribution in [3.05, 3.63) is 29.8 Å². The molecule has 1 aromatic rings. The summed E-state index contributed by atoms with van der Waals surface area (Å²) in [6.07, 6.45) is 2.77. The predicted molar refractivity (Wildman–Crippen MR) is 55.4 cm³/mol. The minimum Gasteiger partial charge on any atom is -0.494 e. The van der Waals surface area contributed by atoms with E-state index in [9.17, 15) is 5.11 Å². The van der Waals surface area contributed by atoms with E-state index in [1.807, 2.05) is 24.3 Å². The monoisotopic (exact) mass is 192 g/mol. The van der Waals surface area contributed by atoms with E-state index in [4.69, 9.17) is 4.74 Å². The molecular weight excluding hydrogens is 176 g/mol. The summed E-state index contributed by atoms with van der Waals surface area (Å²) < 4.78 is 5.51. The van der Waals surface area contributed by atoms with E-state index in [0.717, 1.165) is 37.2 Å². The molecule has 0 bridgehead atoms. The van der Waals surface area contributed by atoms with Crippen LogP contribution in [-0.4, -0.2) is 11.7 Å². The Morgan fingerprint density at radius 2 is 2.21 bits per heavy atom. The van der Waals surface area contributed by atoms with E-state index in [2.05, 4.69) is 6.92 Å². The number of benzene rings is 1. The first-order valence-electron chi connectivity index (χ1n) is 5.20. The summed E-state index contributed by atoms with van der Waals surface area (Å²) in [5, 5.41) is 9.89. The molecule has 0 saturated heterocycles. The fourth-order valence-electron chi connectivity index (χ4n) is 1.50. The van der Waals surface area contributed by atoms with E-state index >= 15 is 0 Å². The maximum absolute atomic E-state index is 9.89. The van der Waals surface area contributed by atoms with Crippen molar-refractivity contribution in [2.45, 2.75) is 31.8 Å². The standard InChI is InChI=1S/C12H16O2/c1-2-8-14-11-5-3-4-10(9-11)12(13)6-7-12/h3-5,9,13H,2,6-8H2,1H3. The van der Waals surface area contributed by atoms with Crippen LogP contribution in [-0.2, 0) is 5.60 Å². The highest BCUT2D eigenvalue weighted by Gasteiger charge is 2.42. The molecule has 0 aromatic heterocycles. The molecule has 0 atom stereocenters. The quantitative estimate of drug-likeness (QED) is 0.794. The summed E-state index contributed by atoms with van der Waals surface area (Å²) in [7, 11) is 0. The van der Waals surface area contributed by atoms with Crippen molar-refractivity contribution in [2.24, 2.45) is 0 Å². The Bertz CT molecular complexity index is 316. The zero-order chi connectivity index (χ0) is 10.0. The van der Waals surface area contributed by atoms with Gasteiger partial charge in [-0.15, -0.1) is 0 Å². The van der Waals surface area contributed by atoms with Gasteiger partial charge in [0, 0.05) is 0 Å². The fourth-order valence-corrected chi connectivity index (χ4v) is 1.50. The lowest BCUT2D eigenvalue weighted by Crippen LogP contribution is -2.04. The van der Waals surface area contributed by atoms with E-state index in [1.165, 1.54) is 0 Å². The first-order chi connectivity index (χ1) is 6.74. The highest BCUT2D eigenvalue weighted by Crippen LogP contribution is 2.45. The van der Waals surface area contributed by atoms with Crippen molar-refractivity contribution >= 4 is 0 Å². The van der Waals surface area contributed by atoms with Crippen LogP contribution >= 0.6 is 0 Å². The van der Waals surface area contributed by atoms with Crippen LogP contribution in [0.3, 0.4) is 0 Å². The number of hydrogen-bond donors (Lipinski definition) is 1. The lowest BCUT2D eigenvalue weighted by Gasteiger charge is -2.10. The van der Waals surface area contributed by atoms with Crippen molar-refractivity contribution < 1.29 is 9.84 Å². The molecule has 1 aliphatic rings. The fraction of sp³-hybridized carbons (Fsp3) is 0.500. The lowest BCUT2D eigenvalue weighted by molar-refractivity contribution is 0.151. The van der Waals surface area contributed by atoms with Crippen LogP contribution in [0.15, 0.2) is 24.3 Å². The lowest BCUT2D eigenvalue weighted by atomic mass is 10.1. The smallest absolute Gasteiger partial charge is 0.119 e. The zero-order valence-corrected chi connectivity index (χ0v) is 8.49. The first-order valence-corrected chi connectivity index (χ1v) is 5.20. The van der Waals surface area contributed by atoms with Gasteiger partial charge in [-0.25, -0.2) is 0 Å². The van der Waals surface area contributed by atoms with Gasteiger partial charge >= 0.3 is 0 Å². The van der Waals surface area contributed by atoms with Crippen molar-refractivity contribution in [3.63, 3.8) is 0 Å². The molecule has 2 rings (SSSR count). The van der Waals surface area contributed by atoms with E-state index in [-0.39, 0.29) is 0 Å². The molecule has 1 N–H and O–H groups in total. The molecule has 0 spiro atoms. The Morgan fingerprint density at radius 1 is 1.43 bits per heavy atom. The second kappa shape index (κ2) is 3.62. The summed E-state index contributed by atoms with van der Waals surface area (Å²) in [5.74, 6) is 0.865. The number of ether oxygens (including phenoxy) is 1. The molecule has 1 fully saturated rings. The second-order valence-corrected chi connectivity index (χ2v) is 3.91. The summed E-state index contributed by atoms with van der Waals surface area (Å²) in [6.45, 7) is 2.82. The average Bonchev–Trinajstić information content (AvgIpc) is 2.95. The normalized spacial score (nSPS) is 17.9. The van der Waals surface area contributed by atoms with Gasteiger partial charge in [0.15, 0.2) is 0 Å². The number of rotatable bonds is 4. The van der Waals surface area contributed by atoms with Gasteiger partial charge in [-0.3, -0.25) is 0 Å². The molecule has 2 heteroatoms. The average molecular weight is 192 g/mol. The van der Waals surface area contributed by atoms with Gasteiger partial charge in [-0.1, -0.05) is 19.1 Å². The highest BCUT2D eigenvalue weighted by atomic mass is 16.5. The van der Waals surface area contributed by atoms with Crippen LogP contribution in [0.5, 0.6) is 5.75 Å². The maximum Gasteiger partial charge on any atom is 0.119 e. The van der Waals surface area contributed by atoms with Crippen LogP contribution < -0.4 is 4.74 Å². The third kappa shape index (κ3) is 1.90. The van der Waals surface area contributed by atoms with Crippen LogP contribution in [0.4, 0.5) is 0 Å². The van der Waals surface area contributed by atoms with Gasteiger partial charge in [0.1, 0.15) is 5.75 Å². The number of hydrogen-bond acceptors (Lipinski definition) is 2. The van der Waals surface area contributed by atoms with Crippen molar-refractivity contribution in [1.29, 1.82) is 0 Å². The minimum absolute atomic E-state index is 0.550. The SMILES string of the molecule is CCCOc1cccc(C2(O)CC2)c1. The predicted octanol–water partition coefficient (Wildman–Crippen LogP) is 2.46. The molecule has 1 saturated carbocycles. The van der Waals surface area contributed by atoms with E-state index in [1.54, 1.807) is 0 Å². The molecule has 0 amide bonds. The van der Waals surface area contributed by atoms with Crippen LogP contribution in [0, 0.1) is 0 Å². The Kier molecular flexibility index (Phi) is 2.46. The van der Waals surface area contributed by atoms with Crippen LogP contribution in [0.1, 0.15) is 31.7 Å². The molecule has 0 aliphatic heterocycles. The van der Waals surface area contributed by atoms with Crippen molar-refractivity contribution in [3.8, 4) is 5.75 Å². The van der Waals surface area contributed by atoms with Gasteiger partial charge in [0.25, 0.3) is 0 Å². The molecule has 2 nitrogen and oxygen atoms in total. The maximum atomic E-state index is 9.89. The van der Waals surface area contributed by atoms with Gasteiger partial charge in [0.2, 0.25) is 0 Å². The van der Waals surface area contributed by atoms with Gasteiger partial charge in [0.05, 0.1) is 12.2 Å². The number of aliphatic hydroxyl groups is 1. The third-order valence-corrected chi connectivity index (χ3v) is 2.57. The zero-order valence-electron chi connectivity index (χ0n) is 8.49. The first kappa shape index (κ1) is 9.53. The van der Waals surface area contributed by atoms with Crippen molar-refractivity contribution in [1.82, 2.24) is 0 Å². The Balaban J connectivity index is 2.11. The van der Waals surface area contributed by atoms with E-state index < -0.39 is 5.60 Å². The van der Waals surface area contributed by atoms with Crippen LogP contribution in [0.25, 0.3) is 0 Å². The molecule has 14 heavy (non-hydrogen) atoms. The molecule has 1 aromatic carbocycles. The van der Waals surface area contributed by atoms with Crippen molar-refractivity contribution in [2.75, 3.05) is 6.61 Å². The van der Waals surface area contributed by atoms with Crippen LogP contribution in [0.2, 0.25) is 0 Å². The molecule has 0 heterocycles. The summed E-state index contributed by atoms with van der Waals surface area (Å²) in [5.41, 5.74) is 0.442. The summed E-state index contributed by atoms with van der Waals surface area (Å²) in [6, 6.07) is 7.79. The third-order valence-electron chi connectivity index (χ3n) is 2.57. The topological polar surface area (TPSA) is 29.5 Å². The Morgan fingerprint density at radius 3 is 2.86 bits per heavy atom. The molecule has 0 radical (unpaired) electrons. The summed E-state index contributed by atoms with van der Waals surface area (Å²) in [4.78, 5) is 0. The van der Waals surface area contributed by atoms with Gasteiger partial charge in [-0.2, -0.15) is 0 Å². The van der Waals surface area contributed by atoms with E-state index in [0.29, 0.717) is 0 Å². The molecule has 1 aliphatic carbocycles. The van der Waals surface area contributed by atoms with Gasteiger partial charge < -0.3 is 9.84 Å². The Hall–Kier alpha value is -1.02. The second-order valence-electron chi connectivity index (χ2n) is 3.91. The molecule has 0 unspecified atom stereocenters. The van der Waals surface area contributed by atoms with Gasteiger partial charge in [-0.05, 0) is 37.0 Å². The largest absolute Gasteiger partial charge is 0.494 e. The summed E-state index contributed by atoms with van der Waals surface area (Å²) >= 11 is 0. The minimum atomic E-state index is -0.550. The molecular formula is C12H16O2. The molecule has 76 valence electrons. The highest BCUT2D eigenvalue weighted by molar-refractivity contribution is 5.34.